The first-order chi connectivity index (χ1) is 10.2. The number of methoxy groups -OCH3 is 2. The van der Waals surface area contributed by atoms with Crippen LogP contribution in [0.5, 0.6) is 5.75 Å². The average molecular weight is 292 g/mol. The highest BCUT2D eigenvalue weighted by atomic mass is 16.5. The van der Waals surface area contributed by atoms with Crippen LogP contribution in [-0.4, -0.2) is 45.9 Å². The minimum absolute atomic E-state index is 0.0277. The molecule has 5 nitrogen and oxygen atoms in total. The van der Waals surface area contributed by atoms with Crippen LogP contribution in [0.4, 0.5) is 0 Å². The summed E-state index contributed by atoms with van der Waals surface area (Å²) < 4.78 is 10.0. The van der Waals surface area contributed by atoms with Crippen molar-refractivity contribution in [3.8, 4) is 5.75 Å². The largest absolute Gasteiger partial charge is 0.497 e. The first-order valence-corrected chi connectivity index (χ1v) is 7.36. The summed E-state index contributed by atoms with van der Waals surface area (Å²) in [7, 11) is 3.30. The van der Waals surface area contributed by atoms with Crippen LogP contribution >= 0.6 is 0 Å². The van der Waals surface area contributed by atoms with Gasteiger partial charge in [-0.1, -0.05) is 12.1 Å². The first kappa shape index (κ1) is 15.8. The average Bonchev–Trinajstić information content (AvgIpc) is 2.46. The summed E-state index contributed by atoms with van der Waals surface area (Å²) in [4.78, 5) is 11.5. The second kappa shape index (κ2) is 8.00. The molecule has 21 heavy (non-hydrogen) atoms. The second-order valence-corrected chi connectivity index (χ2v) is 5.36. The molecule has 0 saturated heterocycles. The smallest absolute Gasteiger partial charge is 0.234 e. The number of carbonyl (C=O) groups is 1. The second-order valence-electron chi connectivity index (χ2n) is 5.36. The van der Waals surface area contributed by atoms with E-state index in [9.17, 15) is 4.79 Å². The fourth-order valence-electron chi connectivity index (χ4n) is 2.52. The van der Waals surface area contributed by atoms with Gasteiger partial charge in [-0.3, -0.25) is 4.79 Å². The molecule has 0 spiro atoms. The van der Waals surface area contributed by atoms with Gasteiger partial charge in [0.15, 0.2) is 0 Å². The number of benzene rings is 1. The topological polar surface area (TPSA) is 59.6 Å². The zero-order valence-corrected chi connectivity index (χ0v) is 12.7. The first-order valence-electron chi connectivity index (χ1n) is 7.36. The summed E-state index contributed by atoms with van der Waals surface area (Å²) in [5.41, 5.74) is 1.35. The maximum Gasteiger partial charge on any atom is 0.234 e. The van der Waals surface area contributed by atoms with E-state index >= 15 is 0 Å². The van der Waals surface area contributed by atoms with Gasteiger partial charge in [-0.05, 0) is 36.5 Å². The number of hydrogen-bond donors (Lipinski definition) is 2. The molecule has 0 radical (unpaired) electrons. The van der Waals surface area contributed by atoms with Crippen molar-refractivity contribution >= 4 is 5.91 Å². The summed E-state index contributed by atoms with van der Waals surface area (Å²) in [5.74, 6) is 1.50. The molecule has 1 amide bonds. The molecule has 0 aromatic heterocycles. The predicted octanol–water partition coefficient (Wildman–Crippen LogP) is 1.29. The van der Waals surface area contributed by atoms with Gasteiger partial charge in [0.1, 0.15) is 5.75 Å². The quantitative estimate of drug-likeness (QED) is 0.709. The highest BCUT2D eigenvalue weighted by Gasteiger charge is 2.30. The molecule has 1 aliphatic rings. The van der Waals surface area contributed by atoms with Gasteiger partial charge in [-0.25, -0.2) is 0 Å². The molecule has 116 valence electrons. The van der Waals surface area contributed by atoms with Crippen LogP contribution in [0.25, 0.3) is 0 Å². The Morgan fingerprint density at radius 2 is 1.95 bits per heavy atom. The van der Waals surface area contributed by atoms with E-state index in [1.165, 1.54) is 5.56 Å². The molecule has 1 saturated carbocycles. The van der Waals surface area contributed by atoms with Crippen LogP contribution in [0.15, 0.2) is 24.3 Å². The zero-order chi connectivity index (χ0) is 15.1. The fourth-order valence-corrected chi connectivity index (χ4v) is 2.52. The Kier molecular flexibility index (Phi) is 6.02. The third-order valence-electron chi connectivity index (χ3n) is 3.90. The van der Waals surface area contributed by atoms with Gasteiger partial charge in [0, 0.05) is 19.7 Å². The normalized spacial score (nSPS) is 20.7. The molecule has 1 aromatic carbocycles. The van der Waals surface area contributed by atoms with Crippen molar-refractivity contribution in [1.29, 1.82) is 0 Å². The van der Waals surface area contributed by atoms with Gasteiger partial charge >= 0.3 is 0 Å². The molecule has 0 unspecified atom stereocenters. The van der Waals surface area contributed by atoms with Crippen LogP contribution in [0, 0.1) is 0 Å². The molecule has 2 rings (SSSR count). The van der Waals surface area contributed by atoms with Gasteiger partial charge in [0.2, 0.25) is 5.91 Å². The number of carbonyl (C=O) groups excluding carboxylic acids is 1. The predicted molar refractivity (Wildman–Crippen MR) is 81.6 cm³/mol. The summed E-state index contributed by atoms with van der Waals surface area (Å²) in [5, 5.41) is 6.09. The van der Waals surface area contributed by atoms with E-state index in [0.29, 0.717) is 31.7 Å². The molecule has 1 fully saturated rings. The summed E-state index contributed by atoms with van der Waals surface area (Å²) in [6.45, 7) is 1.49. The number of ether oxygens (including phenoxy) is 2. The van der Waals surface area contributed by atoms with Crippen molar-refractivity contribution in [3.05, 3.63) is 29.8 Å². The standard InChI is InChI=1S/C16H24N2O3/c1-20-8-7-17-16(19)11-18-14-9-13(10-14)12-3-5-15(21-2)6-4-12/h3-6,13-14,18H,7-11H2,1-2H3,(H,17,19). The van der Waals surface area contributed by atoms with E-state index < -0.39 is 0 Å². The number of amides is 1. The lowest BCUT2D eigenvalue weighted by Gasteiger charge is -2.36. The van der Waals surface area contributed by atoms with Crippen molar-refractivity contribution < 1.29 is 14.3 Å². The molecule has 0 atom stereocenters. The van der Waals surface area contributed by atoms with Crippen molar-refractivity contribution in [3.63, 3.8) is 0 Å². The lowest BCUT2D eigenvalue weighted by molar-refractivity contribution is -0.120. The maximum absolute atomic E-state index is 11.5. The Morgan fingerprint density at radius 1 is 1.24 bits per heavy atom. The molecule has 5 heteroatoms. The zero-order valence-electron chi connectivity index (χ0n) is 12.7. The molecule has 0 heterocycles. The van der Waals surface area contributed by atoms with Crippen LogP contribution in [0.1, 0.15) is 24.3 Å². The van der Waals surface area contributed by atoms with Crippen LogP contribution < -0.4 is 15.4 Å². The highest BCUT2D eigenvalue weighted by Crippen LogP contribution is 2.37. The van der Waals surface area contributed by atoms with E-state index in [1.54, 1.807) is 14.2 Å². The lowest BCUT2D eigenvalue weighted by atomic mass is 9.76. The van der Waals surface area contributed by atoms with Crippen LogP contribution in [0.3, 0.4) is 0 Å². The van der Waals surface area contributed by atoms with Gasteiger partial charge in [0.05, 0.1) is 20.3 Å². The number of rotatable bonds is 8. The molecule has 1 aromatic rings. The SMILES string of the molecule is COCCNC(=O)CNC1CC(c2ccc(OC)cc2)C1. The van der Waals surface area contributed by atoms with E-state index in [-0.39, 0.29) is 5.91 Å². The summed E-state index contributed by atoms with van der Waals surface area (Å²) >= 11 is 0. The van der Waals surface area contributed by atoms with E-state index in [0.717, 1.165) is 18.6 Å². The number of hydrogen-bond acceptors (Lipinski definition) is 4. The monoisotopic (exact) mass is 292 g/mol. The van der Waals surface area contributed by atoms with Crippen molar-refractivity contribution in [2.45, 2.75) is 24.8 Å². The van der Waals surface area contributed by atoms with Crippen LogP contribution in [0.2, 0.25) is 0 Å². The Balaban J connectivity index is 1.63. The molecule has 0 aliphatic heterocycles. The Morgan fingerprint density at radius 3 is 2.57 bits per heavy atom. The van der Waals surface area contributed by atoms with Gasteiger partial charge in [0.25, 0.3) is 0 Å². The van der Waals surface area contributed by atoms with Gasteiger partial charge < -0.3 is 20.1 Å². The van der Waals surface area contributed by atoms with Crippen molar-refractivity contribution in [2.24, 2.45) is 0 Å². The maximum atomic E-state index is 11.5. The third kappa shape index (κ3) is 4.72. The van der Waals surface area contributed by atoms with E-state index in [2.05, 4.69) is 22.8 Å². The molecule has 0 bridgehead atoms. The van der Waals surface area contributed by atoms with Crippen molar-refractivity contribution in [1.82, 2.24) is 10.6 Å². The molecule has 1 aliphatic carbocycles. The highest BCUT2D eigenvalue weighted by molar-refractivity contribution is 5.78. The van der Waals surface area contributed by atoms with E-state index in [1.807, 2.05) is 12.1 Å². The lowest BCUT2D eigenvalue weighted by Crippen LogP contribution is -2.45. The number of nitrogens with one attached hydrogen (secondary N) is 2. The third-order valence-corrected chi connectivity index (χ3v) is 3.90. The molecular formula is C16H24N2O3. The summed E-state index contributed by atoms with van der Waals surface area (Å²) in [6, 6.07) is 8.68. The summed E-state index contributed by atoms with van der Waals surface area (Å²) in [6.07, 6.45) is 2.16. The fraction of sp³-hybridized carbons (Fsp3) is 0.562. The van der Waals surface area contributed by atoms with Gasteiger partial charge in [-0.2, -0.15) is 0 Å². The minimum Gasteiger partial charge on any atom is -0.497 e. The molecular weight excluding hydrogens is 268 g/mol. The molecule has 2 N–H and O–H groups in total. The van der Waals surface area contributed by atoms with Gasteiger partial charge in [-0.15, -0.1) is 0 Å². The Labute approximate surface area is 126 Å². The Bertz CT molecular complexity index is 441. The Hall–Kier alpha value is -1.59. The minimum atomic E-state index is 0.0277. The van der Waals surface area contributed by atoms with Crippen LogP contribution in [-0.2, 0) is 9.53 Å². The van der Waals surface area contributed by atoms with Crippen molar-refractivity contribution in [2.75, 3.05) is 33.9 Å². The van der Waals surface area contributed by atoms with E-state index in [4.69, 9.17) is 9.47 Å².